The lowest BCUT2D eigenvalue weighted by molar-refractivity contribution is 0.530. The monoisotopic (exact) mass is 196 g/mol. The highest BCUT2D eigenvalue weighted by Gasteiger charge is 1.88. The maximum Gasteiger partial charge on any atom is 0.0449 e. The van der Waals surface area contributed by atoms with Gasteiger partial charge in [-0.2, -0.15) is 0 Å². The summed E-state index contributed by atoms with van der Waals surface area (Å²) in [5.41, 5.74) is 0.563. The zero-order valence-corrected chi connectivity index (χ0v) is 7.79. The molecule has 1 aliphatic carbocycles. The van der Waals surface area contributed by atoms with Crippen LogP contribution in [0.15, 0.2) is 48.2 Å². The summed E-state index contributed by atoms with van der Waals surface area (Å²) >= 11 is -2.26. The van der Waals surface area contributed by atoms with Crippen LogP contribution in [0.1, 0.15) is 6.42 Å². The molecule has 0 saturated heterocycles. The van der Waals surface area contributed by atoms with E-state index >= 15 is 0 Å². The lowest BCUT2D eigenvalue weighted by atomic mass is 10.3. The average Bonchev–Trinajstić information content (AvgIpc) is 2.17. The highest BCUT2D eigenvalue weighted by molar-refractivity contribution is 7.77. The van der Waals surface area contributed by atoms with E-state index in [0.717, 1.165) is 6.42 Å². The van der Waals surface area contributed by atoms with Crippen LogP contribution in [-0.2, 0) is 11.3 Å². The van der Waals surface area contributed by atoms with E-state index in [1.807, 2.05) is 24.3 Å². The molecule has 0 fully saturated rings. The third-order valence-electron chi connectivity index (χ3n) is 1.40. The summed E-state index contributed by atoms with van der Waals surface area (Å²) in [6.45, 7) is 0. The van der Waals surface area contributed by atoms with Crippen LogP contribution < -0.4 is 4.72 Å². The van der Waals surface area contributed by atoms with Crippen LogP contribution >= 0.6 is 0 Å². The molecular weight excluding hydrogens is 186 g/mol. The normalized spacial score (nSPS) is 27.3. The van der Waals surface area contributed by atoms with Gasteiger partial charge in [-0.05, 0) is 18.6 Å². The molecule has 1 rings (SSSR count). The first kappa shape index (κ1) is 9.95. The second kappa shape index (κ2) is 5.50. The van der Waals surface area contributed by atoms with Crippen molar-refractivity contribution in [1.82, 2.24) is 4.72 Å². The second-order valence-electron chi connectivity index (χ2n) is 2.41. The van der Waals surface area contributed by atoms with Gasteiger partial charge in [0.1, 0.15) is 0 Å². The van der Waals surface area contributed by atoms with Gasteiger partial charge >= 0.3 is 0 Å². The Morgan fingerprint density at radius 2 is 2.15 bits per heavy atom. The number of allylic oxidation sites excluding steroid dienone is 7. The Hall–Kier alpha value is -1.13. The van der Waals surface area contributed by atoms with Crippen LogP contribution in [-0.4, -0.2) is 8.76 Å². The van der Waals surface area contributed by atoms with Crippen LogP contribution in [0.5, 0.6) is 0 Å². The molecule has 0 spiro atoms. The Kier molecular flexibility index (Phi) is 4.21. The molecule has 1 unspecified atom stereocenters. The van der Waals surface area contributed by atoms with Gasteiger partial charge in [-0.3, -0.25) is 4.21 Å². The lowest BCUT2D eigenvalue weighted by Gasteiger charge is -2.08. The molecule has 0 aromatic heterocycles. The minimum atomic E-state index is -2.26. The van der Waals surface area contributed by atoms with Gasteiger partial charge in [0.2, 0.25) is 0 Å². The van der Waals surface area contributed by atoms with Crippen molar-refractivity contribution in [3.05, 3.63) is 48.2 Å². The van der Waals surface area contributed by atoms with Crippen LogP contribution in [0.3, 0.4) is 0 Å². The predicted molar refractivity (Wildman–Crippen MR) is 52.2 cm³/mol. The lowest BCUT2D eigenvalue weighted by Crippen LogP contribution is -2.14. The zero-order chi connectivity index (χ0) is 9.52. The summed E-state index contributed by atoms with van der Waals surface area (Å²) in [6.07, 6.45) is 13.6. The van der Waals surface area contributed by atoms with Crippen molar-refractivity contribution < 1.29 is 8.76 Å². The molecule has 1 aliphatic rings. The van der Waals surface area contributed by atoms with E-state index in [9.17, 15) is 8.76 Å². The van der Waals surface area contributed by atoms with E-state index in [1.165, 1.54) is 0 Å². The number of nitrogens with one attached hydrogen (secondary N) is 1. The zero-order valence-electron chi connectivity index (χ0n) is 6.97. The molecule has 1 atom stereocenters. The second-order valence-corrected chi connectivity index (χ2v) is 3.08. The molecule has 1 N–H and O–H groups in total. The smallest absolute Gasteiger partial charge is 0.0449 e. The Morgan fingerprint density at radius 1 is 1.31 bits per heavy atom. The summed E-state index contributed by atoms with van der Waals surface area (Å²) in [5.74, 6) is 0. The fourth-order valence-electron chi connectivity index (χ4n) is 0.874. The quantitative estimate of drug-likeness (QED) is 0.677. The van der Waals surface area contributed by atoms with E-state index in [0.29, 0.717) is 5.70 Å². The molecule has 0 aromatic carbocycles. The van der Waals surface area contributed by atoms with Crippen molar-refractivity contribution in [3.8, 4) is 0 Å². The van der Waals surface area contributed by atoms with Crippen LogP contribution in [0.4, 0.5) is 0 Å². The van der Waals surface area contributed by atoms with Crippen LogP contribution in [0.2, 0.25) is 0 Å². The summed E-state index contributed by atoms with van der Waals surface area (Å²) in [5, 5.41) is 0. The maximum absolute atomic E-state index is 10.3. The largest absolute Gasteiger partial charge is 0.755 e. The van der Waals surface area contributed by atoms with Crippen molar-refractivity contribution >= 4 is 11.3 Å². The molecular formula is C9H10NO2S-. The van der Waals surface area contributed by atoms with E-state index in [2.05, 4.69) is 4.72 Å². The molecule has 0 aromatic rings. The molecule has 13 heavy (non-hydrogen) atoms. The first-order valence-electron chi connectivity index (χ1n) is 3.85. The molecule has 0 amide bonds. The van der Waals surface area contributed by atoms with Gasteiger partial charge in [0.25, 0.3) is 0 Å². The molecule has 0 radical (unpaired) electrons. The maximum atomic E-state index is 10.3. The van der Waals surface area contributed by atoms with Gasteiger partial charge < -0.3 is 9.27 Å². The SMILES string of the molecule is O=S([O-])N/C1=C/C=C\C=C/CC=C1. The number of rotatable bonds is 2. The van der Waals surface area contributed by atoms with Crippen molar-refractivity contribution in [3.63, 3.8) is 0 Å². The third kappa shape index (κ3) is 4.45. The van der Waals surface area contributed by atoms with Crippen LogP contribution in [0.25, 0.3) is 0 Å². The Labute approximate surface area is 80.0 Å². The van der Waals surface area contributed by atoms with Crippen molar-refractivity contribution in [2.24, 2.45) is 0 Å². The molecule has 0 heterocycles. The minimum Gasteiger partial charge on any atom is -0.755 e. The van der Waals surface area contributed by atoms with Gasteiger partial charge in [-0.1, -0.05) is 30.4 Å². The molecule has 3 nitrogen and oxygen atoms in total. The van der Waals surface area contributed by atoms with Crippen molar-refractivity contribution in [2.45, 2.75) is 6.42 Å². The standard InChI is InChI=1S/C9H11NO2S/c11-13(12)10-9-7-5-3-1-2-4-6-8-9/h1-3,5-8,10H,4H2,(H,11,12)/p-1/b2-1-,5-3-,8-6?,9-7+. The van der Waals surface area contributed by atoms with Gasteiger partial charge in [0.05, 0.1) is 0 Å². The van der Waals surface area contributed by atoms with E-state index < -0.39 is 11.3 Å². The van der Waals surface area contributed by atoms with Crippen molar-refractivity contribution in [2.75, 3.05) is 0 Å². The molecule has 0 saturated carbocycles. The van der Waals surface area contributed by atoms with E-state index in [4.69, 9.17) is 0 Å². The summed E-state index contributed by atoms with van der Waals surface area (Å²) in [7, 11) is 0. The first-order chi connectivity index (χ1) is 6.29. The number of hydrogen-bond donors (Lipinski definition) is 1. The molecule has 70 valence electrons. The van der Waals surface area contributed by atoms with Crippen LogP contribution in [0, 0.1) is 0 Å². The number of hydrogen-bond acceptors (Lipinski definition) is 2. The van der Waals surface area contributed by atoms with Gasteiger partial charge in [-0.15, -0.1) is 0 Å². The topological polar surface area (TPSA) is 52.2 Å². The average molecular weight is 196 g/mol. The Balaban J connectivity index is 2.70. The third-order valence-corrected chi connectivity index (χ3v) is 1.81. The molecule has 0 aliphatic heterocycles. The van der Waals surface area contributed by atoms with Gasteiger partial charge in [0.15, 0.2) is 0 Å². The molecule has 0 bridgehead atoms. The van der Waals surface area contributed by atoms with Crippen molar-refractivity contribution in [1.29, 1.82) is 0 Å². The fourth-order valence-corrected chi connectivity index (χ4v) is 1.20. The summed E-state index contributed by atoms with van der Waals surface area (Å²) in [4.78, 5) is 0. The highest BCUT2D eigenvalue weighted by Crippen LogP contribution is 1.99. The molecule has 4 heteroatoms. The predicted octanol–water partition coefficient (Wildman–Crippen LogP) is 1.33. The fraction of sp³-hybridized carbons (Fsp3) is 0.111. The van der Waals surface area contributed by atoms with Gasteiger partial charge in [0, 0.05) is 17.0 Å². The minimum absolute atomic E-state index is 0.563. The summed E-state index contributed by atoms with van der Waals surface area (Å²) in [6, 6.07) is 0. The van der Waals surface area contributed by atoms with E-state index in [-0.39, 0.29) is 0 Å². The summed E-state index contributed by atoms with van der Waals surface area (Å²) < 4.78 is 22.9. The Morgan fingerprint density at radius 3 is 2.92 bits per heavy atom. The van der Waals surface area contributed by atoms with E-state index in [1.54, 1.807) is 18.2 Å². The first-order valence-corrected chi connectivity index (χ1v) is 4.92. The highest BCUT2D eigenvalue weighted by atomic mass is 32.2. The van der Waals surface area contributed by atoms with Gasteiger partial charge in [-0.25, -0.2) is 0 Å². The Bertz CT molecular complexity index is 303.